The molecule has 0 aromatic heterocycles. The van der Waals surface area contributed by atoms with E-state index in [1.54, 1.807) is 0 Å². The van der Waals surface area contributed by atoms with Crippen molar-refractivity contribution < 1.29 is 0 Å². The number of hydrogen-bond donors (Lipinski definition) is 0. The Hall–Kier alpha value is -7.56. The fraction of sp³-hybridized carbons (Fsp3) is 0.316. The average Bonchev–Trinajstić information content (AvgIpc) is 1.63. The van der Waals surface area contributed by atoms with Gasteiger partial charge in [0.25, 0.3) is 6.71 Å². The van der Waals surface area contributed by atoms with Crippen molar-refractivity contribution in [3.63, 3.8) is 0 Å². The topological polar surface area (TPSA) is 9.72 Å². The highest BCUT2D eigenvalue weighted by Gasteiger charge is 2.70. The van der Waals surface area contributed by atoms with Crippen molar-refractivity contribution in [3.8, 4) is 33.4 Å². The van der Waals surface area contributed by atoms with E-state index in [-0.39, 0.29) is 44.7 Å². The minimum absolute atomic E-state index is 0.0138. The average molecular weight is 1080 g/mol. The standard InChI is InChI=1S/C79H82BN3/c1-73(2,3)58-34-37-66(62(45-58)53-29-22-17-23-30-53)82-69-44-57-50-75(7,8)49-56(57)42-65(69)80-64-36-33-55(52-27-20-16-21-28-52)43-68(64)81(60-32-24-31-54(41-60)51-25-18-15-19-26-51)70-47-61(48-71(82)72(70)80)83-67-38-35-59(74(4,5)6)46-63(67)78(13)76(9,10)39-40-77(11,12)79(78,83)14/h15-38,41-48H,39-40,49-50H2,1-14H3. The third-order valence-corrected chi connectivity index (χ3v) is 21.6. The summed E-state index contributed by atoms with van der Waals surface area (Å²) in [6.07, 6.45) is 4.38. The van der Waals surface area contributed by atoms with E-state index in [0.717, 1.165) is 31.4 Å². The van der Waals surface area contributed by atoms with Gasteiger partial charge < -0.3 is 14.7 Å². The van der Waals surface area contributed by atoms with Gasteiger partial charge in [-0.1, -0.05) is 230 Å². The van der Waals surface area contributed by atoms with Gasteiger partial charge in [-0.15, -0.1) is 0 Å². The summed E-state index contributed by atoms with van der Waals surface area (Å²) >= 11 is 0. The summed E-state index contributed by atoms with van der Waals surface area (Å²) in [6, 6.07) is 75.6. The second-order valence-electron chi connectivity index (χ2n) is 29.9. The fourth-order valence-electron chi connectivity index (χ4n) is 16.4. The lowest BCUT2D eigenvalue weighted by Crippen LogP contribution is -2.69. The smallest absolute Gasteiger partial charge is 0.252 e. The van der Waals surface area contributed by atoms with Crippen LogP contribution in [0.2, 0.25) is 0 Å². The molecule has 5 aliphatic rings. The van der Waals surface area contributed by atoms with Gasteiger partial charge in [-0.2, -0.15) is 0 Å². The van der Waals surface area contributed by atoms with E-state index >= 15 is 0 Å². The molecule has 0 radical (unpaired) electrons. The molecule has 3 heterocycles. The summed E-state index contributed by atoms with van der Waals surface area (Å²) in [5.41, 5.74) is 27.8. The molecule has 0 amide bonds. The van der Waals surface area contributed by atoms with Crippen LogP contribution < -0.4 is 31.1 Å². The van der Waals surface area contributed by atoms with Crippen molar-refractivity contribution in [2.45, 2.75) is 144 Å². The number of nitrogens with zero attached hydrogens (tertiary/aromatic N) is 3. The molecule has 2 atom stereocenters. The minimum atomic E-state index is -0.348. The lowest BCUT2D eigenvalue weighted by Gasteiger charge is -2.65. The summed E-state index contributed by atoms with van der Waals surface area (Å²) in [5, 5.41) is 0. The van der Waals surface area contributed by atoms with E-state index < -0.39 is 0 Å². The molecule has 0 saturated heterocycles. The van der Waals surface area contributed by atoms with Gasteiger partial charge in [-0.25, -0.2) is 0 Å². The summed E-state index contributed by atoms with van der Waals surface area (Å²) in [6.45, 7) is 34.7. The highest BCUT2D eigenvalue weighted by Crippen LogP contribution is 2.72. The third-order valence-electron chi connectivity index (χ3n) is 21.6. The Morgan fingerprint density at radius 3 is 1.54 bits per heavy atom. The molecule has 4 heteroatoms. The Morgan fingerprint density at radius 1 is 0.386 bits per heavy atom. The molecule has 416 valence electrons. The van der Waals surface area contributed by atoms with Gasteiger partial charge in [0.15, 0.2) is 0 Å². The van der Waals surface area contributed by atoms with Gasteiger partial charge >= 0.3 is 0 Å². The van der Waals surface area contributed by atoms with E-state index in [1.165, 1.54) is 117 Å². The number of anilines is 8. The fourth-order valence-corrected chi connectivity index (χ4v) is 16.4. The predicted octanol–water partition coefficient (Wildman–Crippen LogP) is 19.5. The highest BCUT2D eigenvalue weighted by atomic mass is 15.3. The molecule has 0 bridgehead atoms. The molecule has 3 aliphatic heterocycles. The van der Waals surface area contributed by atoms with Crippen LogP contribution in [0.25, 0.3) is 33.4 Å². The van der Waals surface area contributed by atoms with Gasteiger partial charge in [0.05, 0.1) is 11.2 Å². The summed E-state index contributed by atoms with van der Waals surface area (Å²) in [7, 11) is 0. The third kappa shape index (κ3) is 7.97. The van der Waals surface area contributed by atoms with Crippen LogP contribution in [0.15, 0.2) is 194 Å². The molecule has 1 saturated carbocycles. The lowest BCUT2D eigenvalue weighted by atomic mass is 9.33. The molecule has 83 heavy (non-hydrogen) atoms. The van der Waals surface area contributed by atoms with Crippen LogP contribution in [-0.4, -0.2) is 12.3 Å². The molecule has 3 nitrogen and oxygen atoms in total. The van der Waals surface area contributed by atoms with E-state index in [0.29, 0.717) is 0 Å². The van der Waals surface area contributed by atoms with Gasteiger partial charge in [-0.3, -0.25) is 0 Å². The first kappa shape index (κ1) is 53.5. The van der Waals surface area contributed by atoms with E-state index in [9.17, 15) is 0 Å². The van der Waals surface area contributed by atoms with Crippen LogP contribution >= 0.6 is 0 Å². The van der Waals surface area contributed by atoms with Crippen LogP contribution in [0.3, 0.4) is 0 Å². The lowest BCUT2D eigenvalue weighted by molar-refractivity contribution is -0.0415. The van der Waals surface area contributed by atoms with Crippen molar-refractivity contribution in [3.05, 3.63) is 222 Å². The molecule has 9 aromatic rings. The first-order valence-electron chi connectivity index (χ1n) is 30.8. The van der Waals surface area contributed by atoms with Crippen LogP contribution in [0, 0.1) is 16.2 Å². The Balaban J connectivity index is 1.15. The molecule has 2 aliphatic carbocycles. The van der Waals surface area contributed by atoms with Crippen LogP contribution in [0.1, 0.15) is 138 Å². The molecular weight excluding hydrogens is 1000 g/mol. The zero-order valence-electron chi connectivity index (χ0n) is 51.7. The highest BCUT2D eigenvalue weighted by molar-refractivity contribution is 7.00. The summed E-state index contributed by atoms with van der Waals surface area (Å²) in [4.78, 5) is 8.30. The molecule has 1 fully saturated rings. The zero-order chi connectivity index (χ0) is 58.0. The number of fused-ring (bicyclic) bond motifs is 8. The maximum atomic E-state index is 2.88. The van der Waals surface area contributed by atoms with Crippen LogP contribution in [0.4, 0.5) is 45.5 Å². The Morgan fingerprint density at radius 2 is 0.916 bits per heavy atom. The van der Waals surface area contributed by atoms with Crippen molar-refractivity contribution in [2.75, 3.05) is 14.7 Å². The quantitative estimate of drug-likeness (QED) is 0.154. The minimum Gasteiger partial charge on any atom is -0.334 e. The predicted molar refractivity (Wildman–Crippen MR) is 356 cm³/mol. The molecule has 0 spiro atoms. The van der Waals surface area contributed by atoms with E-state index in [2.05, 4.69) is 306 Å². The molecule has 14 rings (SSSR count). The Kier molecular flexibility index (Phi) is 11.7. The van der Waals surface area contributed by atoms with Crippen molar-refractivity contribution >= 4 is 68.6 Å². The number of benzene rings is 9. The Bertz CT molecular complexity index is 4080. The largest absolute Gasteiger partial charge is 0.334 e. The number of hydrogen-bond acceptors (Lipinski definition) is 3. The monoisotopic (exact) mass is 1080 g/mol. The maximum Gasteiger partial charge on any atom is 0.252 e. The van der Waals surface area contributed by atoms with Gasteiger partial charge in [0.1, 0.15) is 0 Å². The van der Waals surface area contributed by atoms with Crippen LogP contribution in [-0.2, 0) is 29.1 Å². The van der Waals surface area contributed by atoms with Crippen molar-refractivity contribution in [2.24, 2.45) is 16.2 Å². The normalized spacial score (nSPS) is 20.5. The van der Waals surface area contributed by atoms with E-state index in [1.807, 2.05) is 0 Å². The van der Waals surface area contributed by atoms with Crippen molar-refractivity contribution in [1.82, 2.24) is 0 Å². The van der Waals surface area contributed by atoms with E-state index in [4.69, 9.17) is 0 Å². The SMILES string of the molecule is CC1(C)Cc2cc3c(cc2C1)N(c1ccc(C(C)(C)C)cc1-c1ccccc1)c1cc(N2c4ccc(C(C)(C)C)cc4C4(C)C(C)(C)CCC(C)(C)C24C)cc2c1B3c1ccc(-c3ccccc3)cc1N2c1cccc(-c2ccccc2)c1. The molecule has 0 N–H and O–H groups in total. The second kappa shape index (κ2) is 18.2. The van der Waals surface area contributed by atoms with Crippen molar-refractivity contribution in [1.29, 1.82) is 0 Å². The molecular formula is C79H82BN3. The van der Waals surface area contributed by atoms with Gasteiger partial charge in [-0.05, 0) is 186 Å². The first-order chi connectivity index (χ1) is 39.4. The molecule has 9 aromatic carbocycles. The Labute approximate surface area is 496 Å². The second-order valence-corrected chi connectivity index (χ2v) is 29.9. The number of rotatable bonds is 6. The zero-order valence-corrected chi connectivity index (χ0v) is 51.7. The van der Waals surface area contributed by atoms with Crippen LogP contribution in [0.5, 0.6) is 0 Å². The molecule has 2 unspecified atom stereocenters. The van der Waals surface area contributed by atoms with Gasteiger partial charge in [0.2, 0.25) is 0 Å². The summed E-state index contributed by atoms with van der Waals surface area (Å²) < 4.78 is 0. The summed E-state index contributed by atoms with van der Waals surface area (Å²) in [5.74, 6) is 0. The maximum absolute atomic E-state index is 2.88. The van der Waals surface area contributed by atoms with Gasteiger partial charge in [0, 0.05) is 50.8 Å². The first-order valence-corrected chi connectivity index (χ1v) is 30.8.